The van der Waals surface area contributed by atoms with E-state index in [9.17, 15) is 4.79 Å². The largest absolute Gasteiger partial charge is 0.348 e. The normalized spacial score (nSPS) is 17.9. The molecule has 1 aromatic rings. The Labute approximate surface area is 117 Å². The molecular weight excluding hydrogens is 268 g/mol. The molecular formula is C13H20ClN2OS+. The molecule has 0 aliphatic heterocycles. The maximum Gasteiger partial charge on any atom is 0.275 e. The molecule has 0 aromatic carbocycles. The van der Waals surface area contributed by atoms with Gasteiger partial charge in [-0.25, -0.2) is 0 Å². The summed E-state index contributed by atoms with van der Waals surface area (Å²) in [7, 11) is 2.04. The molecule has 1 aliphatic carbocycles. The first-order chi connectivity index (χ1) is 8.63. The van der Waals surface area contributed by atoms with Crippen LogP contribution in [0.15, 0.2) is 12.1 Å². The summed E-state index contributed by atoms with van der Waals surface area (Å²) < 4.78 is 0.813. The van der Waals surface area contributed by atoms with Crippen LogP contribution in [0.4, 0.5) is 0 Å². The summed E-state index contributed by atoms with van der Waals surface area (Å²) in [5.41, 5.74) is 0. The molecule has 1 unspecified atom stereocenters. The highest BCUT2D eigenvalue weighted by atomic mass is 35.5. The third-order valence-corrected chi connectivity index (χ3v) is 4.52. The number of likely N-dealkylation sites (N-methyl/N-ethyl adjacent to an activating group) is 1. The number of carbonyl (C=O) groups excluding carboxylic acids is 1. The van der Waals surface area contributed by atoms with E-state index in [-0.39, 0.29) is 5.91 Å². The molecule has 0 bridgehead atoms. The quantitative estimate of drug-likeness (QED) is 0.845. The average Bonchev–Trinajstić information content (AvgIpc) is 2.90. The van der Waals surface area contributed by atoms with Crippen molar-refractivity contribution in [1.82, 2.24) is 5.32 Å². The fourth-order valence-electron chi connectivity index (χ4n) is 2.43. The summed E-state index contributed by atoms with van der Waals surface area (Å²) in [6.07, 6.45) is 4.79. The summed E-state index contributed by atoms with van der Waals surface area (Å²) in [6.45, 7) is 1.39. The predicted octanol–water partition coefficient (Wildman–Crippen LogP) is 1.48. The van der Waals surface area contributed by atoms with Gasteiger partial charge in [0, 0.05) is 6.04 Å². The number of thiophene rings is 1. The van der Waals surface area contributed by atoms with Crippen LogP contribution in [0.25, 0.3) is 0 Å². The van der Waals surface area contributed by atoms with Crippen molar-refractivity contribution in [3.63, 3.8) is 0 Å². The van der Waals surface area contributed by atoms with Gasteiger partial charge in [-0.15, -0.1) is 11.3 Å². The molecule has 1 amide bonds. The van der Waals surface area contributed by atoms with Gasteiger partial charge in [-0.3, -0.25) is 4.79 Å². The molecule has 0 saturated heterocycles. The summed E-state index contributed by atoms with van der Waals surface area (Å²) in [5, 5.41) is 3.12. The fourth-order valence-corrected chi connectivity index (χ4v) is 3.63. The molecule has 1 fully saturated rings. The van der Waals surface area contributed by atoms with E-state index in [1.165, 1.54) is 22.6 Å². The summed E-state index contributed by atoms with van der Waals surface area (Å²) >= 11 is 7.48. The summed E-state index contributed by atoms with van der Waals surface area (Å²) in [4.78, 5) is 14.3. The van der Waals surface area contributed by atoms with Gasteiger partial charge >= 0.3 is 0 Å². The highest BCUT2D eigenvalue weighted by Crippen LogP contribution is 2.20. The number of amides is 1. The van der Waals surface area contributed by atoms with Gasteiger partial charge in [-0.05, 0) is 25.0 Å². The van der Waals surface area contributed by atoms with Crippen LogP contribution in [0.3, 0.4) is 0 Å². The maximum atomic E-state index is 11.9. The van der Waals surface area contributed by atoms with Crippen LogP contribution in [-0.2, 0) is 11.3 Å². The summed E-state index contributed by atoms with van der Waals surface area (Å²) in [5.74, 6) is 0.169. The Morgan fingerprint density at radius 3 is 2.83 bits per heavy atom. The first-order valence-corrected chi connectivity index (χ1v) is 7.68. The minimum Gasteiger partial charge on any atom is -0.348 e. The van der Waals surface area contributed by atoms with Crippen LogP contribution in [0.2, 0.25) is 4.34 Å². The average molecular weight is 288 g/mol. The van der Waals surface area contributed by atoms with Gasteiger partial charge in [-0.2, -0.15) is 0 Å². The molecule has 2 N–H and O–H groups in total. The van der Waals surface area contributed by atoms with Gasteiger partial charge in [0.1, 0.15) is 6.54 Å². The van der Waals surface area contributed by atoms with Crippen LogP contribution >= 0.6 is 22.9 Å². The Hall–Kier alpha value is -0.580. The topological polar surface area (TPSA) is 33.5 Å². The maximum absolute atomic E-state index is 11.9. The molecule has 1 atom stereocenters. The van der Waals surface area contributed by atoms with Crippen molar-refractivity contribution in [1.29, 1.82) is 0 Å². The zero-order valence-electron chi connectivity index (χ0n) is 10.7. The molecule has 1 aromatic heterocycles. The monoisotopic (exact) mass is 287 g/mol. The van der Waals surface area contributed by atoms with Crippen molar-refractivity contribution in [2.45, 2.75) is 38.3 Å². The van der Waals surface area contributed by atoms with Crippen LogP contribution in [0.5, 0.6) is 0 Å². The van der Waals surface area contributed by atoms with E-state index in [2.05, 4.69) is 5.32 Å². The Bertz CT molecular complexity index is 401. The van der Waals surface area contributed by atoms with Crippen LogP contribution < -0.4 is 10.2 Å². The lowest BCUT2D eigenvalue weighted by Crippen LogP contribution is -3.08. The van der Waals surface area contributed by atoms with E-state index >= 15 is 0 Å². The molecule has 1 saturated carbocycles. The van der Waals surface area contributed by atoms with Crippen molar-refractivity contribution in [2.75, 3.05) is 13.6 Å². The SMILES string of the molecule is C[NH+](CC(=O)NC1CCCC1)Cc1ccc(Cl)s1. The van der Waals surface area contributed by atoms with E-state index in [0.29, 0.717) is 12.6 Å². The highest BCUT2D eigenvalue weighted by molar-refractivity contribution is 7.16. The number of hydrogen-bond acceptors (Lipinski definition) is 2. The first kappa shape index (κ1) is 13.8. The third kappa shape index (κ3) is 4.26. The minimum absolute atomic E-state index is 0.169. The van der Waals surface area contributed by atoms with Crippen molar-refractivity contribution in [3.8, 4) is 0 Å². The summed E-state index contributed by atoms with van der Waals surface area (Å²) in [6, 6.07) is 4.36. The fraction of sp³-hybridized carbons (Fsp3) is 0.615. The smallest absolute Gasteiger partial charge is 0.275 e. The Morgan fingerprint density at radius 1 is 1.50 bits per heavy atom. The van der Waals surface area contributed by atoms with Gasteiger partial charge < -0.3 is 10.2 Å². The van der Waals surface area contributed by atoms with E-state index in [0.717, 1.165) is 23.7 Å². The second-order valence-electron chi connectivity index (χ2n) is 5.07. The van der Waals surface area contributed by atoms with Crippen molar-refractivity contribution >= 4 is 28.8 Å². The third-order valence-electron chi connectivity index (χ3n) is 3.29. The number of quaternary nitrogens is 1. The van der Waals surface area contributed by atoms with E-state index < -0.39 is 0 Å². The molecule has 0 radical (unpaired) electrons. The van der Waals surface area contributed by atoms with E-state index in [4.69, 9.17) is 11.6 Å². The predicted molar refractivity (Wildman–Crippen MR) is 75.2 cm³/mol. The van der Waals surface area contributed by atoms with Crippen molar-refractivity contribution in [2.24, 2.45) is 0 Å². The zero-order chi connectivity index (χ0) is 13.0. The number of hydrogen-bond donors (Lipinski definition) is 2. The molecule has 100 valence electrons. The van der Waals surface area contributed by atoms with E-state index in [1.807, 2.05) is 19.2 Å². The van der Waals surface area contributed by atoms with Gasteiger partial charge in [0.15, 0.2) is 6.54 Å². The number of halogens is 1. The Kier molecular flexibility index (Phi) is 5.03. The zero-order valence-corrected chi connectivity index (χ0v) is 12.2. The standard InChI is InChI=1S/C13H19ClN2OS/c1-16(8-11-6-7-12(14)18-11)9-13(17)15-10-4-2-3-5-10/h6-7,10H,2-5,8-9H2,1H3,(H,15,17)/p+1. The Morgan fingerprint density at radius 2 is 2.22 bits per heavy atom. The molecule has 3 nitrogen and oxygen atoms in total. The first-order valence-electron chi connectivity index (χ1n) is 6.48. The lowest BCUT2D eigenvalue weighted by atomic mass is 10.2. The van der Waals surface area contributed by atoms with Gasteiger partial charge in [0.25, 0.3) is 5.91 Å². The number of nitrogens with one attached hydrogen (secondary N) is 2. The Balaban J connectivity index is 1.72. The minimum atomic E-state index is 0.169. The lowest BCUT2D eigenvalue weighted by Gasteiger charge is -2.15. The lowest BCUT2D eigenvalue weighted by molar-refractivity contribution is -0.885. The second-order valence-corrected chi connectivity index (χ2v) is 6.87. The molecule has 1 aliphatic rings. The van der Waals surface area contributed by atoms with E-state index in [1.54, 1.807) is 11.3 Å². The van der Waals surface area contributed by atoms with Crippen LogP contribution in [-0.4, -0.2) is 25.5 Å². The van der Waals surface area contributed by atoms with Crippen LogP contribution in [0.1, 0.15) is 30.6 Å². The molecule has 2 rings (SSSR count). The molecule has 1 heterocycles. The van der Waals surface area contributed by atoms with Crippen LogP contribution in [0, 0.1) is 0 Å². The van der Waals surface area contributed by atoms with Gasteiger partial charge in [0.2, 0.25) is 0 Å². The number of rotatable bonds is 5. The highest BCUT2D eigenvalue weighted by Gasteiger charge is 2.19. The van der Waals surface area contributed by atoms with Crippen molar-refractivity contribution < 1.29 is 9.69 Å². The molecule has 18 heavy (non-hydrogen) atoms. The van der Waals surface area contributed by atoms with Gasteiger partial charge in [-0.1, -0.05) is 24.4 Å². The number of carbonyl (C=O) groups is 1. The molecule has 5 heteroatoms. The second kappa shape index (κ2) is 6.55. The van der Waals surface area contributed by atoms with Gasteiger partial charge in [0.05, 0.1) is 16.3 Å². The van der Waals surface area contributed by atoms with Crippen molar-refractivity contribution in [3.05, 3.63) is 21.3 Å². The molecule has 0 spiro atoms.